The summed E-state index contributed by atoms with van der Waals surface area (Å²) >= 11 is 12.8. The Morgan fingerprint density at radius 3 is 2.97 bits per heavy atom. The van der Waals surface area contributed by atoms with Gasteiger partial charge < -0.3 is 20.9 Å². The molecule has 2 unspecified atom stereocenters. The molecule has 1 aromatic heterocycles. The molecular formula is C27H32Cl2N6O. The van der Waals surface area contributed by atoms with Crippen LogP contribution in [0.25, 0.3) is 11.0 Å². The van der Waals surface area contributed by atoms with Gasteiger partial charge in [0.2, 0.25) is 5.91 Å². The number of aromatic nitrogens is 2. The van der Waals surface area contributed by atoms with Crippen molar-refractivity contribution in [1.82, 2.24) is 20.2 Å². The topological polar surface area (TPSA) is 99.4 Å². The lowest BCUT2D eigenvalue weighted by molar-refractivity contribution is -0.125. The van der Waals surface area contributed by atoms with Crippen LogP contribution < -0.4 is 11.1 Å². The van der Waals surface area contributed by atoms with Crippen LogP contribution in [0.15, 0.2) is 63.9 Å². The SMILES string of the molecule is NC(=O)C1(CCCCN[C@@H]2CCCC3=C2N(Cc2nc4ccccc4[nH]2)CC=C3)C(Cl)=CN=CC1Cl. The van der Waals surface area contributed by atoms with Gasteiger partial charge in [-0.1, -0.05) is 42.3 Å². The first-order valence-electron chi connectivity index (χ1n) is 12.6. The van der Waals surface area contributed by atoms with E-state index in [0.717, 1.165) is 68.6 Å². The number of fused-ring (bicyclic) bond motifs is 1. The molecule has 3 heterocycles. The molecule has 7 nitrogen and oxygen atoms in total. The Kier molecular flexibility index (Phi) is 7.51. The summed E-state index contributed by atoms with van der Waals surface area (Å²) in [6, 6.07) is 8.44. The van der Waals surface area contributed by atoms with Crippen LogP contribution in [0.4, 0.5) is 0 Å². The second-order valence-electron chi connectivity index (χ2n) is 9.76. The summed E-state index contributed by atoms with van der Waals surface area (Å²) in [5, 5.41) is 3.47. The first-order chi connectivity index (χ1) is 17.5. The van der Waals surface area contributed by atoms with Crippen molar-refractivity contribution in [1.29, 1.82) is 0 Å². The van der Waals surface area contributed by atoms with E-state index in [2.05, 4.69) is 38.4 Å². The Morgan fingerprint density at radius 1 is 1.31 bits per heavy atom. The predicted octanol–water partition coefficient (Wildman–Crippen LogP) is 4.74. The number of allylic oxidation sites excluding steroid dienone is 2. The van der Waals surface area contributed by atoms with E-state index in [0.29, 0.717) is 17.5 Å². The Hall–Kier alpha value is -2.61. The number of alkyl halides is 1. The quantitative estimate of drug-likeness (QED) is 0.324. The third-order valence-electron chi connectivity index (χ3n) is 7.49. The molecule has 1 aliphatic carbocycles. The molecule has 2 aromatic rings. The molecule has 4 N–H and O–H groups in total. The maximum absolute atomic E-state index is 12.3. The van der Waals surface area contributed by atoms with Gasteiger partial charge in [0, 0.05) is 30.7 Å². The molecule has 1 aromatic carbocycles. The molecule has 0 spiro atoms. The van der Waals surface area contributed by atoms with Gasteiger partial charge in [0.25, 0.3) is 0 Å². The van der Waals surface area contributed by atoms with Crippen molar-refractivity contribution in [3.8, 4) is 0 Å². The second-order valence-corrected chi connectivity index (χ2v) is 10.6. The number of carbonyl (C=O) groups excluding carboxylic acids is 1. The van der Waals surface area contributed by atoms with Crippen molar-refractivity contribution in [2.45, 2.75) is 56.5 Å². The van der Waals surface area contributed by atoms with E-state index in [-0.39, 0.29) is 0 Å². The number of nitrogens with two attached hydrogens (primary N) is 1. The fourth-order valence-corrected chi connectivity index (χ4v) is 6.42. The summed E-state index contributed by atoms with van der Waals surface area (Å²) in [6.45, 7) is 2.46. The first kappa shape index (κ1) is 25.1. The molecule has 190 valence electrons. The molecule has 2 aliphatic heterocycles. The fourth-order valence-electron chi connectivity index (χ4n) is 5.61. The lowest BCUT2D eigenvalue weighted by Crippen LogP contribution is -2.46. The minimum Gasteiger partial charge on any atom is -0.369 e. The molecule has 1 amide bonds. The van der Waals surface area contributed by atoms with Crippen LogP contribution in [-0.2, 0) is 11.3 Å². The van der Waals surface area contributed by atoms with Crippen molar-refractivity contribution >= 4 is 46.4 Å². The molecule has 3 atom stereocenters. The van der Waals surface area contributed by atoms with Gasteiger partial charge in [-0.25, -0.2) is 4.98 Å². The number of unbranched alkanes of at least 4 members (excludes halogenated alkanes) is 1. The van der Waals surface area contributed by atoms with Crippen molar-refractivity contribution in [3.05, 3.63) is 64.7 Å². The smallest absolute Gasteiger partial charge is 0.230 e. The summed E-state index contributed by atoms with van der Waals surface area (Å²) in [7, 11) is 0. The van der Waals surface area contributed by atoms with Gasteiger partial charge in [-0.3, -0.25) is 9.79 Å². The summed E-state index contributed by atoms with van der Waals surface area (Å²) in [4.78, 5) is 27.0. The van der Waals surface area contributed by atoms with E-state index in [1.54, 1.807) is 6.21 Å². The third-order valence-corrected chi connectivity index (χ3v) is 8.41. The number of nitrogens with zero attached hydrogens (tertiary/aromatic N) is 3. The molecule has 5 rings (SSSR count). The van der Waals surface area contributed by atoms with E-state index in [4.69, 9.17) is 33.9 Å². The minimum absolute atomic E-state index is 0.291. The number of H-pyrrole nitrogens is 1. The average Bonchev–Trinajstić information content (AvgIpc) is 3.28. The molecule has 9 heteroatoms. The number of para-hydroxylation sites is 2. The molecule has 36 heavy (non-hydrogen) atoms. The van der Waals surface area contributed by atoms with E-state index in [9.17, 15) is 4.79 Å². The standard InChI is InChI=1S/C27H32Cl2N6O/c28-22-15-31-16-23(29)27(22,26(30)36)12-3-4-13-32-21-11-5-7-18-8-6-14-35(25(18)21)17-24-33-19-9-1-2-10-20(19)34-24/h1-2,6,8-10,15-16,21-22,32H,3-5,7,11-14,17H2,(H2,30,36)(H,33,34)/t21-,22?,27?/m1/s1. The number of aromatic amines is 1. The number of rotatable bonds is 9. The number of aliphatic imine (C=N–C) groups is 1. The number of imidazole rings is 1. The predicted molar refractivity (Wildman–Crippen MR) is 146 cm³/mol. The highest BCUT2D eigenvalue weighted by atomic mass is 35.5. The lowest BCUT2D eigenvalue weighted by Gasteiger charge is -2.39. The van der Waals surface area contributed by atoms with E-state index < -0.39 is 16.7 Å². The van der Waals surface area contributed by atoms with Gasteiger partial charge in [-0.05, 0) is 56.4 Å². The van der Waals surface area contributed by atoms with E-state index in [1.807, 2.05) is 18.2 Å². The van der Waals surface area contributed by atoms with Crippen LogP contribution in [0.3, 0.4) is 0 Å². The Morgan fingerprint density at radius 2 is 2.17 bits per heavy atom. The zero-order valence-corrected chi connectivity index (χ0v) is 21.7. The number of hydrogen-bond donors (Lipinski definition) is 3. The lowest BCUT2D eigenvalue weighted by atomic mass is 9.77. The largest absolute Gasteiger partial charge is 0.369 e. The van der Waals surface area contributed by atoms with E-state index >= 15 is 0 Å². The number of nitrogens with one attached hydrogen (secondary N) is 2. The van der Waals surface area contributed by atoms with Crippen molar-refractivity contribution < 1.29 is 4.79 Å². The summed E-state index contributed by atoms with van der Waals surface area (Å²) in [6.07, 6.45) is 13.1. The highest BCUT2D eigenvalue weighted by Gasteiger charge is 2.46. The second kappa shape index (κ2) is 10.8. The number of halogens is 2. The Balaban J connectivity index is 1.21. The van der Waals surface area contributed by atoms with Crippen LogP contribution in [0.2, 0.25) is 0 Å². The third kappa shape index (κ3) is 4.84. The van der Waals surface area contributed by atoms with Crippen molar-refractivity contribution in [2.24, 2.45) is 16.1 Å². The summed E-state index contributed by atoms with van der Waals surface area (Å²) < 4.78 is 0. The number of amides is 1. The van der Waals surface area contributed by atoms with Crippen LogP contribution in [-0.4, -0.2) is 51.5 Å². The van der Waals surface area contributed by atoms with Gasteiger partial charge in [-0.15, -0.1) is 11.6 Å². The van der Waals surface area contributed by atoms with Crippen LogP contribution in [0.5, 0.6) is 0 Å². The molecule has 0 saturated carbocycles. The molecule has 3 aliphatic rings. The normalized spacial score (nSPS) is 25.8. The van der Waals surface area contributed by atoms with Gasteiger partial charge in [0.15, 0.2) is 0 Å². The fraction of sp³-hybridized carbons (Fsp3) is 0.444. The molecule has 0 radical (unpaired) electrons. The van der Waals surface area contributed by atoms with Crippen LogP contribution in [0.1, 0.15) is 44.3 Å². The molecule has 0 bridgehead atoms. The van der Waals surface area contributed by atoms with E-state index in [1.165, 1.54) is 17.5 Å². The zero-order valence-electron chi connectivity index (χ0n) is 20.2. The maximum atomic E-state index is 12.3. The van der Waals surface area contributed by atoms with Gasteiger partial charge in [-0.2, -0.15) is 0 Å². The maximum Gasteiger partial charge on any atom is 0.230 e. The molecule has 0 saturated heterocycles. The van der Waals surface area contributed by atoms with Crippen molar-refractivity contribution in [2.75, 3.05) is 13.1 Å². The highest BCUT2D eigenvalue weighted by molar-refractivity contribution is 6.37. The van der Waals surface area contributed by atoms with Crippen LogP contribution in [0, 0.1) is 5.41 Å². The number of primary amides is 1. The summed E-state index contributed by atoms with van der Waals surface area (Å²) in [5.74, 6) is 0.483. The van der Waals surface area contributed by atoms with Gasteiger partial charge in [0.05, 0.1) is 28.0 Å². The minimum atomic E-state index is -1.08. The zero-order chi connectivity index (χ0) is 25.1. The first-order valence-corrected chi connectivity index (χ1v) is 13.5. The van der Waals surface area contributed by atoms with Crippen LogP contribution >= 0.6 is 23.2 Å². The van der Waals surface area contributed by atoms with Gasteiger partial charge >= 0.3 is 0 Å². The number of benzene rings is 1. The Bertz CT molecular complexity index is 1210. The van der Waals surface area contributed by atoms with Crippen molar-refractivity contribution in [3.63, 3.8) is 0 Å². The van der Waals surface area contributed by atoms with Gasteiger partial charge in [0.1, 0.15) is 11.2 Å². The average molecular weight is 528 g/mol. The highest BCUT2D eigenvalue weighted by Crippen LogP contribution is 2.43. The summed E-state index contributed by atoms with van der Waals surface area (Å²) in [5.41, 5.74) is 9.52. The number of hydrogen-bond acceptors (Lipinski definition) is 5. The Labute approximate surface area is 221 Å². The number of carbonyl (C=O) groups is 1. The monoisotopic (exact) mass is 526 g/mol. The molecular weight excluding hydrogens is 495 g/mol. The molecule has 0 fully saturated rings.